The first-order valence-corrected chi connectivity index (χ1v) is 16.0. The van der Waals surface area contributed by atoms with Crippen LogP contribution in [0, 0.1) is 17.8 Å². The molecule has 0 spiro atoms. The van der Waals surface area contributed by atoms with Gasteiger partial charge >= 0.3 is 5.97 Å². The molecule has 0 aromatic rings. The van der Waals surface area contributed by atoms with Gasteiger partial charge in [0, 0.05) is 39.1 Å². The van der Waals surface area contributed by atoms with Crippen LogP contribution in [-0.2, 0) is 24.0 Å². The van der Waals surface area contributed by atoms with Gasteiger partial charge in [0.1, 0.15) is 18.1 Å². The summed E-state index contributed by atoms with van der Waals surface area (Å²) in [6, 6.07) is -2.42. The third kappa shape index (κ3) is 17.2. The Labute approximate surface area is 258 Å². The highest BCUT2D eigenvalue weighted by Gasteiger charge is 2.31. The van der Waals surface area contributed by atoms with Gasteiger partial charge in [-0.25, -0.2) is 0 Å². The number of piperazine rings is 1. The van der Waals surface area contributed by atoms with Crippen LogP contribution < -0.4 is 21.3 Å². The summed E-state index contributed by atoms with van der Waals surface area (Å²) in [6.45, 7) is 15.8. The van der Waals surface area contributed by atoms with Crippen LogP contribution in [0.1, 0.15) is 86.5 Å². The van der Waals surface area contributed by atoms with Crippen molar-refractivity contribution in [1.82, 2.24) is 31.1 Å². The molecule has 0 aromatic carbocycles. The predicted molar refractivity (Wildman–Crippen MR) is 167 cm³/mol. The third-order valence-electron chi connectivity index (χ3n) is 7.37. The van der Waals surface area contributed by atoms with Crippen LogP contribution in [0.15, 0.2) is 0 Å². The monoisotopic (exact) mass is 610 g/mol. The number of likely N-dealkylation sites (N-methyl/N-ethyl adjacent to an activating group) is 1. The average Bonchev–Trinajstić information content (AvgIpc) is 2.89. The molecule has 12 nitrogen and oxygen atoms in total. The van der Waals surface area contributed by atoms with E-state index in [-0.39, 0.29) is 42.5 Å². The Hall–Kier alpha value is -2.73. The van der Waals surface area contributed by atoms with E-state index in [1.807, 2.05) is 41.5 Å². The van der Waals surface area contributed by atoms with Gasteiger partial charge in [-0.2, -0.15) is 0 Å². The van der Waals surface area contributed by atoms with Crippen LogP contribution >= 0.6 is 0 Å². The van der Waals surface area contributed by atoms with Gasteiger partial charge in [0.05, 0.1) is 6.54 Å². The predicted octanol–water partition coefficient (Wildman–Crippen LogP) is 1.59. The number of aliphatic carboxylic acids is 1. The maximum Gasteiger partial charge on any atom is 0.303 e. The molecule has 1 fully saturated rings. The molecule has 0 unspecified atom stereocenters. The fraction of sp³-hybridized carbons (Fsp3) is 0.839. The number of nitrogens with zero attached hydrogens (tertiary/aromatic N) is 2. The molecule has 1 aliphatic rings. The summed E-state index contributed by atoms with van der Waals surface area (Å²) in [5.74, 6) is -1.83. The first-order chi connectivity index (χ1) is 20.2. The number of unbranched alkanes of at least 4 members (excludes halogenated alkanes) is 2. The topological polar surface area (TPSA) is 160 Å². The van der Waals surface area contributed by atoms with Crippen molar-refractivity contribution in [2.24, 2.45) is 17.8 Å². The van der Waals surface area contributed by atoms with E-state index < -0.39 is 35.9 Å². The highest BCUT2D eigenvalue weighted by atomic mass is 16.4. The number of carbonyl (C=O) groups excluding carboxylic acids is 4. The molecule has 0 saturated carbocycles. The fourth-order valence-corrected chi connectivity index (χ4v) is 5.02. The number of carbonyl (C=O) groups is 5. The number of carboxylic acids is 1. The molecule has 1 saturated heterocycles. The molecule has 5 N–H and O–H groups in total. The Balaban J connectivity index is 2.86. The van der Waals surface area contributed by atoms with Crippen molar-refractivity contribution in [2.45, 2.75) is 105 Å². The third-order valence-corrected chi connectivity index (χ3v) is 7.37. The summed E-state index contributed by atoms with van der Waals surface area (Å²) >= 11 is 0. The van der Waals surface area contributed by atoms with Crippen LogP contribution in [-0.4, -0.2) is 109 Å². The highest BCUT2D eigenvalue weighted by molar-refractivity contribution is 5.94. The maximum absolute atomic E-state index is 13.5. The fourth-order valence-electron chi connectivity index (χ4n) is 5.02. The SMILES string of the molecule is CC(C)C[C@H](NC(=O)CN1CCN(C)CC1)C(=O)N[C@@H](CC(C)C)C(=O)N[C@@H](CC(C)C)C(=O)NCCCCCC(=O)O. The van der Waals surface area contributed by atoms with Crippen molar-refractivity contribution >= 4 is 29.6 Å². The molecule has 1 aliphatic heterocycles. The zero-order chi connectivity index (χ0) is 32.5. The Morgan fingerprint density at radius 1 is 0.651 bits per heavy atom. The standard InChI is InChI=1S/C31H58N6O6/c1-21(2)17-24(29(41)32-12-10-8-9-11-28(39)40)34-31(43)26(19-23(5)6)35-30(42)25(18-22(3)4)33-27(38)20-37-15-13-36(7)14-16-37/h21-26H,8-20H2,1-7H3,(H,32,41)(H,33,38)(H,34,43)(H,35,42)(H,39,40)/t24-,25-,26-/m0/s1. The molecule has 3 atom stereocenters. The maximum atomic E-state index is 13.5. The normalized spacial score (nSPS) is 16.5. The van der Waals surface area contributed by atoms with E-state index in [1.165, 1.54) is 0 Å². The number of rotatable bonds is 20. The molecule has 1 rings (SSSR count). The number of amides is 4. The Kier molecular flexibility index (Phi) is 18.1. The lowest BCUT2D eigenvalue weighted by Crippen LogP contribution is -2.58. The van der Waals surface area contributed by atoms with Crippen LogP contribution in [0.5, 0.6) is 0 Å². The van der Waals surface area contributed by atoms with Gasteiger partial charge in [-0.15, -0.1) is 0 Å². The molecule has 0 aliphatic carbocycles. The van der Waals surface area contributed by atoms with Gasteiger partial charge in [-0.3, -0.25) is 28.9 Å². The summed E-state index contributed by atoms with van der Waals surface area (Å²) in [5, 5.41) is 20.3. The van der Waals surface area contributed by atoms with Crippen LogP contribution in [0.25, 0.3) is 0 Å². The summed E-state index contributed by atoms with van der Waals surface area (Å²) < 4.78 is 0. The molecular formula is C31H58N6O6. The second kappa shape index (κ2) is 20.3. The van der Waals surface area contributed by atoms with Crippen LogP contribution in [0.3, 0.4) is 0 Å². The van der Waals surface area contributed by atoms with Crippen molar-refractivity contribution in [3.8, 4) is 0 Å². The first-order valence-electron chi connectivity index (χ1n) is 16.0. The minimum absolute atomic E-state index is 0.0922. The largest absolute Gasteiger partial charge is 0.481 e. The number of hydrogen-bond donors (Lipinski definition) is 5. The molecular weight excluding hydrogens is 552 g/mol. The second-order valence-corrected chi connectivity index (χ2v) is 13.2. The van der Waals surface area contributed by atoms with E-state index in [2.05, 4.69) is 38.1 Å². The van der Waals surface area contributed by atoms with Crippen molar-refractivity contribution in [1.29, 1.82) is 0 Å². The molecule has 0 radical (unpaired) electrons. The van der Waals surface area contributed by atoms with E-state index in [0.717, 1.165) is 26.2 Å². The molecule has 0 aromatic heterocycles. The number of nitrogens with one attached hydrogen (secondary N) is 4. The summed E-state index contributed by atoms with van der Waals surface area (Å²) in [4.78, 5) is 67.8. The minimum Gasteiger partial charge on any atom is -0.481 e. The van der Waals surface area contributed by atoms with Crippen LogP contribution in [0.2, 0.25) is 0 Å². The molecule has 248 valence electrons. The van der Waals surface area contributed by atoms with E-state index in [9.17, 15) is 24.0 Å². The van der Waals surface area contributed by atoms with E-state index >= 15 is 0 Å². The first kappa shape index (κ1) is 38.3. The zero-order valence-corrected chi connectivity index (χ0v) is 27.5. The summed E-state index contributed by atoms with van der Waals surface area (Å²) in [7, 11) is 2.05. The van der Waals surface area contributed by atoms with Crippen molar-refractivity contribution in [3.63, 3.8) is 0 Å². The van der Waals surface area contributed by atoms with Crippen molar-refractivity contribution in [2.75, 3.05) is 46.3 Å². The molecule has 1 heterocycles. The summed E-state index contributed by atoms with van der Waals surface area (Å²) in [5.41, 5.74) is 0. The van der Waals surface area contributed by atoms with Gasteiger partial charge in [-0.05, 0) is 56.9 Å². The highest BCUT2D eigenvalue weighted by Crippen LogP contribution is 2.11. The average molecular weight is 611 g/mol. The van der Waals surface area contributed by atoms with Crippen LogP contribution in [0.4, 0.5) is 0 Å². The van der Waals surface area contributed by atoms with Gasteiger partial charge in [0.15, 0.2) is 0 Å². The Bertz CT molecular complexity index is 888. The number of hydrogen-bond acceptors (Lipinski definition) is 7. The smallest absolute Gasteiger partial charge is 0.303 e. The zero-order valence-electron chi connectivity index (χ0n) is 27.5. The van der Waals surface area contributed by atoms with E-state index in [4.69, 9.17) is 5.11 Å². The van der Waals surface area contributed by atoms with Gasteiger partial charge in [-0.1, -0.05) is 48.0 Å². The lowest BCUT2D eigenvalue weighted by molar-refractivity contribution is -0.137. The molecule has 0 bridgehead atoms. The lowest BCUT2D eigenvalue weighted by atomic mass is 9.98. The van der Waals surface area contributed by atoms with E-state index in [0.29, 0.717) is 45.1 Å². The summed E-state index contributed by atoms with van der Waals surface area (Å²) in [6.07, 6.45) is 3.20. The number of carboxylic acid groups (broad SMARTS) is 1. The molecule has 4 amide bonds. The Morgan fingerprint density at radius 3 is 1.58 bits per heavy atom. The minimum atomic E-state index is -0.866. The van der Waals surface area contributed by atoms with Gasteiger partial charge < -0.3 is 31.3 Å². The molecule has 43 heavy (non-hydrogen) atoms. The Morgan fingerprint density at radius 2 is 1.12 bits per heavy atom. The van der Waals surface area contributed by atoms with Gasteiger partial charge in [0.25, 0.3) is 0 Å². The van der Waals surface area contributed by atoms with Gasteiger partial charge in [0.2, 0.25) is 23.6 Å². The van der Waals surface area contributed by atoms with Crippen molar-refractivity contribution in [3.05, 3.63) is 0 Å². The van der Waals surface area contributed by atoms with E-state index in [1.54, 1.807) is 0 Å². The second-order valence-electron chi connectivity index (χ2n) is 13.2. The van der Waals surface area contributed by atoms with Crippen molar-refractivity contribution < 1.29 is 29.1 Å². The quantitative estimate of drug-likeness (QED) is 0.130. The molecule has 12 heteroatoms. The lowest BCUT2D eigenvalue weighted by Gasteiger charge is -2.32.